The van der Waals surface area contributed by atoms with Crippen molar-refractivity contribution in [3.63, 3.8) is 0 Å². The summed E-state index contributed by atoms with van der Waals surface area (Å²) in [6.45, 7) is 5.54. The predicted octanol–water partition coefficient (Wildman–Crippen LogP) is 4.70. The van der Waals surface area contributed by atoms with E-state index in [4.69, 9.17) is 0 Å². The number of carbonyl (C=O) groups is 2. The molecular formula is C22H22FNO4. The third-order valence-corrected chi connectivity index (χ3v) is 4.86. The van der Waals surface area contributed by atoms with E-state index in [1.807, 2.05) is 13.8 Å². The van der Waals surface area contributed by atoms with Gasteiger partial charge in [-0.05, 0) is 61.2 Å². The van der Waals surface area contributed by atoms with Crippen molar-refractivity contribution in [2.24, 2.45) is 5.92 Å². The summed E-state index contributed by atoms with van der Waals surface area (Å²) in [6.07, 6.45) is 0.388. The molecule has 0 aliphatic heterocycles. The van der Waals surface area contributed by atoms with E-state index in [0.717, 1.165) is 6.07 Å². The SMILES string of the molecule is Cc1c([C@H](CC(C)C)C(=O)O)c2cc(O)ccc2n1C(=O)c1cccc(F)c1. The van der Waals surface area contributed by atoms with E-state index in [1.54, 1.807) is 13.0 Å². The van der Waals surface area contributed by atoms with Crippen molar-refractivity contribution in [1.82, 2.24) is 4.57 Å². The molecule has 28 heavy (non-hydrogen) atoms. The topological polar surface area (TPSA) is 79.5 Å². The molecule has 0 aliphatic carbocycles. The van der Waals surface area contributed by atoms with E-state index in [0.29, 0.717) is 28.6 Å². The number of rotatable bonds is 5. The van der Waals surface area contributed by atoms with Crippen molar-refractivity contribution < 1.29 is 24.2 Å². The molecule has 2 aromatic carbocycles. The van der Waals surface area contributed by atoms with E-state index < -0.39 is 23.6 Å². The number of hydrogen-bond acceptors (Lipinski definition) is 3. The number of fused-ring (bicyclic) bond motifs is 1. The minimum Gasteiger partial charge on any atom is -0.508 e. The number of carboxylic acids is 1. The lowest BCUT2D eigenvalue weighted by Gasteiger charge is -2.16. The number of hydrogen-bond donors (Lipinski definition) is 2. The first-order valence-electron chi connectivity index (χ1n) is 9.07. The molecule has 5 nitrogen and oxygen atoms in total. The summed E-state index contributed by atoms with van der Waals surface area (Å²) in [5.74, 6) is -2.69. The highest BCUT2D eigenvalue weighted by molar-refractivity contribution is 6.05. The number of benzene rings is 2. The fourth-order valence-electron chi connectivity index (χ4n) is 3.70. The van der Waals surface area contributed by atoms with Crippen LogP contribution in [0.1, 0.15) is 47.8 Å². The van der Waals surface area contributed by atoms with E-state index in [2.05, 4.69) is 0 Å². The lowest BCUT2D eigenvalue weighted by atomic mass is 9.88. The van der Waals surface area contributed by atoms with Crippen molar-refractivity contribution in [1.29, 1.82) is 0 Å². The molecule has 0 saturated heterocycles. The lowest BCUT2D eigenvalue weighted by molar-refractivity contribution is -0.139. The van der Waals surface area contributed by atoms with Crippen LogP contribution < -0.4 is 0 Å². The van der Waals surface area contributed by atoms with Crippen LogP contribution in [-0.2, 0) is 4.79 Å². The van der Waals surface area contributed by atoms with Crippen LogP contribution in [0.4, 0.5) is 4.39 Å². The predicted molar refractivity (Wildman–Crippen MR) is 104 cm³/mol. The van der Waals surface area contributed by atoms with Crippen LogP contribution in [0.15, 0.2) is 42.5 Å². The van der Waals surface area contributed by atoms with Crippen molar-refractivity contribution >= 4 is 22.8 Å². The number of aliphatic carboxylic acids is 1. The maximum absolute atomic E-state index is 13.6. The average molecular weight is 383 g/mol. The number of halogens is 1. The molecule has 1 aromatic heterocycles. The highest BCUT2D eigenvalue weighted by atomic mass is 19.1. The maximum Gasteiger partial charge on any atom is 0.311 e. The minimum absolute atomic E-state index is 0.0159. The Kier molecular flexibility index (Phi) is 5.23. The third-order valence-electron chi connectivity index (χ3n) is 4.86. The van der Waals surface area contributed by atoms with Gasteiger partial charge in [0.05, 0.1) is 11.4 Å². The average Bonchev–Trinajstić information content (AvgIpc) is 2.89. The fourth-order valence-corrected chi connectivity index (χ4v) is 3.70. The van der Waals surface area contributed by atoms with Crippen LogP contribution in [0.2, 0.25) is 0 Å². The van der Waals surface area contributed by atoms with E-state index in [1.165, 1.54) is 34.9 Å². The van der Waals surface area contributed by atoms with E-state index in [9.17, 15) is 24.2 Å². The summed E-state index contributed by atoms with van der Waals surface area (Å²) < 4.78 is 15.0. The Morgan fingerprint density at radius 1 is 1.14 bits per heavy atom. The van der Waals surface area contributed by atoms with Crippen molar-refractivity contribution in [2.75, 3.05) is 0 Å². The van der Waals surface area contributed by atoms with Gasteiger partial charge in [0, 0.05) is 16.6 Å². The molecule has 3 rings (SSSR count). The zero-order chi connectivity index (χ0) is 20.6. The zero-order valence-corrected chi connectivity index (χ0v) is 15.9. The largest absolute Gasteiger partial charge is 0.508 e. The molecule has 0 radical (unpaired) electrons. The molecule has 0 spiro atoms. The van der Waals surface area contributed by atoms with Gasteiger partial charge in [-0.3, -0.25) is 14.2 Å². The van der Waals surface area contributed by atoms with Gasteiger partial charge in [-0.25, -0.2) is 4.39 Å². The monoisotopic (exact) mass is 383 g/mol. The summed E-state index contributed by atoms with van der Waals surface area (Å²) in [4.78, 5) is 25.1. The van der Waals surface area contributed by atoms with Crippen LogP contribution in [0.25, 0.3) is 10.9 Å². The zero-order valence-electron chi connectivity index (χ0n) is 15.9. The summed E-state index contributed by atoms with van der Waals surface area (Å²) in [7, 11) is 0. The third kappa shape index (κ3) is 3.50. The first-order chi connectivity index (χ1) is 13.2. The maximum atomic E-state index is 13.6. The Morgan fingerprint density at radius 2 is 1.86 bits per heavy atom. The van der Waals surface area contributed by atoms with Gasteiger partial charge in [-0.2, -0.15) is 0 Å². The van der Waals surface area contributed by atoms with Gasteiger partial charge >= 0.3 is 5.97 Å². The minimum atomic E-state index is -0.989. The first-order valence-corrected chi connectivity index (χ1v) is 9.07. The van der Waals surface area contributed by atoms with E-state index in [-0.39, 0.29) is 17.2 Å². The summed E-state index contributed by atoms with van der Waals surface area (Å²) in [5, 5.41) is 20.3. The lowest BCUT2D eigenvalue weighted by Crippen LogP contribution is -2.17. The standard InChI is InChI=1S/C22H22FNO4/c1-12(2)9-18(22(27)28)20-13(3)24(19-8-7-16(25)11-17(19)20)21(26)14-5-4-6-15(23)10-14/h4-8,10-12,18,25H,9H2,1-3H3,(H,27,28)/t18-/m0/s1. The number of phenolic OH excluding ortho intramolecular Hbond substituents is 1. The second kappa shape index (κ2) is 7.46. The van der Waals surface area contributed by atoms with Crippen molar-refractivity contribution in [3.05, 3.63) is 65.1 Å². The number of carbonyl (C=O) groups excluding carboxylic acids is 1. The van der Waals surface area contributed by atoms with Gasteiger partial charge in [0.15, 0.2) is 0 Å². The van der Waals surface area contributed by atoms with Crippen LogP contribution in [0.5, 0.6) is 5.75 Å². The van der Waals surface area contributed by atoms with Gasteiger partial charge in [0.25, 0.3) is 5.91 Å². The van der Waals surface area contributed by atoms with Crippen LogP contribution in [-0.4, -0.2) is 26.7 Å². The molecule has 0 amide bonds. The smallest absolute Gasteiger partial charge is 0.311 e. The highest BCUT2D eigenvalue weighted by Crippen LogP contribution is 2.37. The second-order valence-electron chi connectivity index (χ2n) is 7.37. The van der Waals surface area contributed by atoms with Gasteiger partial charge in [-0.1, -0.05) is 19.9 Å². The summed E-state index contributed by atoms with van der Waals surface area (Å²) in [5.41, 5.74) is 1.62. The normalized spacial score (nSPS) is 12.5. The van der Waals surface area contributed by atoms with Gasteiger partial charge in [0.2, 0.25) is 0 Å². The van der Waals surface area contributed by atoms with Crippen molar-refractivity contribution in [2.45, 2.75) is 33.1 Å². The fraction of sp³-hybridized carbons (Fsp3) is 0.273. The van der Waals surface area contributed by atoms with Gasteiger partial charge < -0.3 is 10.2 Å². The van der Waals surface area contributed by atoms with E-state index >= 15 is 0 Å². The number of aromatic nitrogens is 1. The van der Waals surface area contributed by atoms with Gasteiger partial charge in [-0.15, -0.1) is 0 Å². The summed E-state index contributed by atoms with van der Waals surface area (Å²) in [6, 6.07) is 9.87. The number of carboxylic acid groups (broad SMARTS) is 1. The Hall–Kier alpha value is -3.15. The second-order valence-corrected chi connectivity index (χ2v) is 7.37. The van der Waals surface area contributed by atoms with Crippen LogP contribution in [0, 0.1) is 18.7 Å². The molecule has 2 N–H and O–H groups in total. The Labute approximate surface area is 162 Å². The molecule has 3 aromatic rings. The summed E-state index contributed by atoms with van der Waals surface area (Å²) >= 11 is 0. The quantitative estimate of drug-likeness (QED) is 0.669. The van der Waals surface area contributed by atoms with Crippen LogP contribution >= 0.6 is 0 Å². The Balaban J connectivity index is 2.29. The molecular weight excluding hydrogens is 361 g/mol. The molecule has 146 valence electrons. The molecule has 0 fully saturated rings. The number of nitrogens with zero attached hydrogens (tertiary/aromatic N) is 1. The first kappa shape index (κ1) is 19.6. The Morgan fingerprint density at radius 3 is 2.46 bits per heavy atom. The van der Waals surface area contributed by atoms with Gasteiger partial charge in [0.1, 0.15) is 11.6 Å². The molecule has 0 saturated carbocycles. The molecule has 6 heteroatoms. The Bertz CT molecular complexity index is 1070. The van der Waals surface area contributed by atoms with Crippen LogP contribution in [0.3, 0.4) is 0 Å². The van der Waals surface area contributed by atoms with Crippen molar-refractivity contribution in [3.8, 4) is 5.75 Å². The molecule has 0 aliphatic rings. The molecule has 0 bridgehead atoms. The number of aromatic hydroxyl groups is 1. The highest BCUT2D eigenvalue weighted by Gasteiger charge is 2.30. The molecule has 0 unspecified atom stereocenters. The number of phenols is 1. The molecule has 1 heterocycles. The molecule has 1 atom stereocenters.